The average molecular weight is 263 g/mol. The molecule has 1 aliphatic heterocycles. The number of carbonyl (C=O) groups excluding carboxylic acids is 2. The first-order valence-corrected chi connectivity index (χ1v) is 6.83. The lowest BCUT2D eigenvalue weighted by Gasteiger charge is -2.30. The summed E-state index contributed by atoms with van der Waals surface area (Å²) in [6.45, 7) is 5.44. The van der Waals surface area contributed by atoms with E-state index in [0.717, 1.165) is 22.6 Å². The highest BCUT2D eigenvalue weighted by atomic mass is 32.2. The molecule has 0 radical (unpaired) electrons. The molecule has 1 heterocycles. The van der Waals surface area contributed by atoms with Gasteiger partial charge < -0.3 is 10.1 Å². The first-order valence-electron chi connectivity index (χ1n) is 6.01. The summed E-state index contributed by atoms with van der Waals surface area (Å²) in [7, 11) is 0. The van der Waals surface area contributed by atoms with Gasteiger partial charge in [0.05, 0.1) is 10.4 Å². The summed E-state index contributed by atoms with van der Waals surface area (Å²) >= 11 is 1.57. The number of fused-ring (bicyclic) bond motifs is 1. The van der Waals surface area contributed by atoms with Gasteiger partial charge in [-0.3, -0.25) is 4.79 Å². The summed E-state index contributed by atoms with van der Waals surface area (Å²) in [5.74, 6) is 0.241. The molecule has 1 aromatic rings. The lowest BCUT2D eigenvalue weighted by Crippen LogP contribution is -2.37. The predicted molar refractivity (Wildman–Crippen MR) is 74.0 cm³/mol. The maximum absolute atomic E-state index is 11.8. The zero-order valence-electron chi connectivity index (χ0n) is 10.9. The van der Waals surface area contributed by atoms with Crippen LogP contribution in [0.2, 0.25) is 0 Å². The van der Waals surface area contributed by atoms with Crippen molar-refractivity contribution >= 4 is 29.1 Å². The van der Waals surface area contributed by atoms with Gasteiger partial charge in [0.25, 0.3) is 0 Å². The number of carbonyl (C=O) groups is 2. The average Bonchev–Trinajstić information content (AvgIpc) is 2.27. The van der Waals surface area contributed by atoms with Crippen LogP contribution in [0.3, 0.4) is 0 Å². The van der Waals surface area contributed by atoms with Crippen molar-refractivity contribution in [3.05, 3.63) is 23.8 Å². The van der Waals surface area contributed by atoms with Crippen LogP contribution in [0.15, 0.2) is 23.1 Å². The number of Topliss-reactive ketones (excluding diaryl/α,β-unsaturated/α-hetero) is 1. The van der Waals surface area contributed by atoms with Gasteiger partial charge in [-0.25, -0.2) is 0 Å². The molecule has 0 saturated heterocycles. The molecule has 0 bridgehead atoms. The smallest absolute Gasteiger partial charge is 0.240 e. The Morgan fingerprint density at radius 1 is 1.39 bits per heavy atom. The van der Waals surface area contributed by atoms with Gasteiger partial charge >= 0.3 is 0 Å². The van der Waals surface area contributed by atoms with E-state index in [9.17, 15) is 9.59 Å². The standard InChI is InChI=1S/C14H17NO2S/c1-9(16)4-5-10-6-7-11-12(8-10)18-14(2,3)13(17)15-11/h6-8H,4-5H2,1-3H3,(H,15,17). The van der Waals surface area contributed by atoms with Gasteiger partial charge in [-0.05, 0) is 44.9 Å². The summed E-state index contributed by atoms with van der Waals surface area (Å²) in [6.07, 6.45) is 1.33. The van der Waals surface area contributed by atoms with Crippen molar-refractivity contribution in [3.8, 4) is 0 Å². The second-order valence-corrected chi connectivity index (χ2v) is 6.76. The number of nitrogens with one attached hydrogen (secondary N) is 1. The van der Waals surface area contributed by atoms with Gasteiger partial charge in [-0.2, -0.15) is 0 Å². The first kappa shape index (κ1) is 13.1. The SMILES string of the molecule is CC(=O)CCc1ccc2c(c1)SC(C)(C)C(=O)N2. The number of benzene rings is 1. The van der Waals surface area contributed by atoms with Crippen LogP contribution in [0.1, 0.15) is 32.8 Å². The molecule has 1 N–H and O–H groups in total. The van der Waals surface area contributed by atoms with Gasteiger partial charge in [0.1, 0.15) is 5.78 Å². The highest BCUT2D eigenvalue weighted by Gasteiger charge is 2.34. The Labute approximate surface area is 111 Å². The van der Waals surface area contributed by atoms with E-state index in [4.69, 9.17) is 0 Å². The normalized spacial score (nSPS) is 16.9. The second-order valence-electron chi connectivity index (χ2n) is 5.10. The Morgan fingerprint density at radius 3 is 2.78 bits per heavy atom. The third kappa shape index (κ3) is 2.75. The molecule has 1 aliphatic rings. The number of thioether (sulfide) groups is 1. The van der Waals surface area contributed by atoms with Crippen LogP contribution in [-0.4, -0.2) is 16.4 Å². The summed E-state index contributed by atoms with van der Waals surface area (Å²) in [5.41, 5.74) is 2.01. The fraction of sp³-hybridized carbons (Fsp3) is 0.429. The monoisotopic (exact) mass is 263 g/mol. The highest BCUT2D eigenvalue weighted by molar-refractivity contribution is 8.01. The third-order valence-corrected chi connectivity index (χ3v) is 4.23. The van der Waals surface area contributed by atoms with E-state index in [1.165, 1.54) is 0 Å². The molecule has 0 saturated carbocycles. The quantitative estimate of drug-likeness (QED) is 0.911. The number of rotatable bonds is 3. The molecular formula is C14H17NO2S. The first-order chi connectivity index (χ1) is 8.38. The number of anilines is 1. The van der Waals surface area contributed by atoms with E-state index in [2.05, 4.69) is 11.4 Å². The van der Waals surface area contributed by atoms with Gasteiger partial charge in [-0.1, -0.05) is 6.07 Å². The number of hydrogen-bond donors (Lipinski definition) is 1. The number of amides is 1. The summed E-state index contributed by atoms with van der Waals surface area (Å²) in [5, 5.41) is 2.92. The molecule has 3 nitrogen and oxygen atoms in total. The summed E-state index contributed by atoms with van der Waals surface area (Å²) in [6, 6.07) is 5.97. The van der Waals surface area contributed by atoms with E-state index >= 15 is 0 Å². The van der Waals surface area contributed by atoms with Crippen molar-refractivity contribution in [2.45, 2.75) is 43.3 Å². The van der Waals surface area contributed by atoms with Gasteiger partial charge in [-0.15, -0.1) is 11.8 Å². The minimum atomic E-state index is -0.438. The van der Waals surface area contributed by atoms with Crippen LogP contribution in [-0.2, 0) is 16.0 Å². The molecule has 0 unspecified atom stereocenters. The molecule has 0 aromatic heterocycles. The van der Waals surface area contributed by atoms with Crippen LogP contribution >= 0.6 is 11.8 Å². The number of ketones is 1. The van der Waals surface area contributed by atoms with Crippen molar-refractivity contribution in [3.63, 3.8) is 0 Å². The summed E-state index contributed by atoms with van der Waals surface area (Å²) in [4.78, 5) is 23.9. The van der Waals surface area contributed by atoms with Crippen LogP contribution in [0.25, 0.3) is 0 Å². The predicted octanol–water partition coefficient (Wildman–Crippen LogP) is 3.03. The van der Waals surface area contributed by atoms with Gasteiger partial charge in [0.15, 0.2) is 0 Å². The molecule has 0 spiro atoms. The molecule has 0 aliphatic carbocycles. The lowest BCUT2D eigenvalue weighted by atomic mass is 10.1. The van der Waals surface area contributed by atoms with Gasteiger partial charge in [0, 0.05) is 11.3 Å². The molecule has 4 heteroatoms. The van der Waals surface area contributed by atoms with E-state index in [1.807, 2.05) is 26.0 Å². The minimum Gasteiger partial charge on any atom is -0.324 e. The molecule has 1 amide bonds. The molecule has 18 heavy (non-hydrogen) atoms. The summed E-state index contributed by atoms with van der Waals surface area (Å²) < 4.78 is -0.438. The number of hydrogen-bond acceptors (Lipinski definition) is 3. The molecular weight excluding hydrogens is 246 g/mol. The van der Waals surface area contributed by atoms with Crippen molar-refractivity contribution in [1.82, 2.24) is 0 Å². The van der Waals surface area contributed by atoms with E-state index < -0.39 is 4.75 Å². The largest absolute Gasteiger partial charge is 0.324 e. The Morgan fingerprint density at radius 2 is 2.11 bits per heavy atom. The molecule has 96 valence electrons. The Hall–Kier alpha value is -1.29. The fourth-order valence-electron chi connectivity index (χ4n) is 1.82. The van der Waals surface area contributed by atoms with Crippen molar-refractivity contribution in [1.29, 1.82) is 0 Å². The van der Waals surface area contributed by atoms with Crippen LogP contribution < -0.4 is 5.32 Å². The van der Waals surface area contributed by atoms with E-state index in [1.54, 1.807) is 18.7 Å². The molecule has 0 fully saturated rings. The molecule has 0 atom stereocenters. The lowest BCUT2D eigenvalue weighted by molar-refractivity contribution is -0.118. The van der Waals surface area contributed by atoms with Crippen molar-refractivity contribution < 1.29 is 9.59 Å². The minimum absolute atomic E-state index is 0.0384. The van der Waals surface area contributed by atoms with E-state index in [0.29, 0.717) is 6.42 Å². The van der Waals surface area contributed by atoms with Crippen LogP contribution in [0.4, 0.5) is 5.69 Å². The van der Waals surface area contributed by atoms with E-state index in [-0.39, 0.29) is 11.7 Å². The third-order valence-electron chi connectivity index (χ3n) is 2.97. The second kappa shape index (κ2) is 4.76. The molecule has 1 aromatic carbocycles. The maximum atomic E-state index is 11.8. The van der Waals surface area contributed by atoms with Crippen molar-refractivity contribution in [2.24, 2.45) is 0 Å². The van der Waals surface area contributed by atoms with Gasteiger partial charge in [0.2, 0.25) is 5.91 Å². The Kier molecular flexibility index (Phi) is 3.48. The highest BCUT2D eigenvalue weighted by Crippen LogP contribution is 2.42. The maximum Gasteiger partial charge on any atom is 0.240 e. The molecule has 2 rings (SSSR count). The Balaban J connectivity index is 2.22. The zero-order chi connectivity index (χ0) is 13.3. The van der Waals surface area contributed by atoms with Crippen molar-refractivity contribution in [2.75, 3.05) is 5.32 Å². The fourth-order valence-corrected chi connectivity index (χ4v) is 2.96. The zero-order valence-corrected chi connectivity index (χ0v) is 11.7. The Bertz CT molecular complexity index is 509. The topological polar surface area (TPSA) is 46.2 Å². The number of aryl methyl sites for hydroxylation is 1. The van der Waals surface area contributed by atoms with Crippen LogP contribution in [0, 0.1) is 0 Å². The van der Waals surface area contributed by atoms with Crippen LogP contribution in [0.5, 0.6) is 0 Å².